The van der Waals surface area contributed by atoms with E-state index in [0.29, 0.717) is 16.7 Å². The average Bonchev–Trinajstić information content (AvgIpc) is 2.94. The molecule has 2 heterocycles. The third-order valence-electron chi connectivity index (χ3n) is 4.13. The Labute approximate surface area is 160 Å². The van der Waals surface area contributed by atoms with Crippen LogP contribution >= 0.6 is 0 Å². The van der Waals surface area contributed by atoms with Gasteiger partial charge in [-0.05, 0) is 55.0 Å². The van der Waals surface area contributed by atoms with Crippen LogP contribution in [0, 0.1) is 6.92 Å². The summed E-state index contributed by atoms with van der Waals surface area (Å²) >= 11 is 0. The van der Waals surface area contributed by atoms with Gasteiger partial charge >= 0.3 is 5.97 Å². The monoisotopic (exact) mass is 374 g/mol. The van der Waals surface area contributed by atoms with E-state index in [1.165, 1.54) is 24.3 Å². The average molecular weight is 374 g/mol. The van der Waals surface area contributed by atoms with Crippen LogP contribution in [0.3, 0.4) is 0 Å². The number of nitrogens with zero attached hydrogens (tertiary/aromatic N) is 2. The summed E-state index contributed by atoms with van der Waals surface area (Å²) in [6.45, 7) is 1.92. The Morgan fingerprint density at radius 3 is 2.18 bits per heavy atom. The van der Waals surface area contributed by atoms with Crippen LogP contribution in [-0.4, -0.2) is 27.8 Å². The second kappa shape index (κ2) is 6.96. The molecule has 0 atom stereocenters. The summed E-state index contributed by atoms with van der Waals surface area (Å²) < 4.78 is 5.62. The maximum Gasteiger partial charge on any atom is 0.363 e. The van der Waals surface area contributed by atoms with Crippen LogP contribution < -0.4 is 4.74 Å². The van der Waals surface area contributed by atoms with Gasteiger partial charge in [0.1, 0.15) is 5.75 Å². The van der Waals surface area contributed by atoms with E-state index in [2.05, 4.69) is 4.98 Å². The lowest BCUT2D eigenvalue weighted by molar-refractivity contribution is -0.0584. The van der Waals surface area contributed by atoms with Gasteiger partial charge in [0.05, 0.1) is 16.7 Å². The van der Waals surface area contributed by atoms with Crippen LogP contribution in [0.15, 0.2) is 66.9 Å². The predicted octanol–water partition coefficient (Wildman–Crippen LogP) is 3.55. The Kier molecular flexibility index (Phi) is 4.33. The molecule has 0 fully saturated rings. The molecule has 7 nitrogen and oxygen atoms in total. The molecule has 0 unspecified atom stereocenters. The first kappa shape index (κ1) is 17.4. The quantitative estimate of drug-likeness (QED) is 0.649. The number of rotatable bonds is 4. The topological polar surface area (TPSA) is 85.8 Å². The molecule has 0 N–H and O–H groups in total. The first-order valence-electron chi connectivity index (χ1n) is 8.43. The highest BCUT2D eigenvalue weighted by molar-refractivity contribution is 6.21. The second-order valence-corrected chi connectivity index (χ2v) is 6.13. The van der Waals surface area contributed by atoms with Gasteiger partial charge in [-0.2, -0.15) is 0 Å². The highest BCUT2D eigenvalue weighted by atomic mass is 16.7. The van der Waals surface area contributed by atoms with E-state index in [-0.39, 0.29) is 16.7 Å². The van der Waals surface area contributed by atoms with Crippen molar-refractivity contribution in [3.05, 3.63) is 89.1 Å². The number of benzene rings is 2. The van der Waals surface area contributed by atoms with Gasteiger partial charge in [-0.25, -0.2) is 9.78 Å². The van der Waals surface area contributed by atoms with E-state index in [0.717, 1.165) is 5.56 Å². The van der Waals surface area contributed by atoms with E-state index in [9.17, 15) is 14.4 Å². The van der Waals surface area contributed by atoms with Crippen LogP contribution in [0.25, 0.3) is 0 Å². The number of amides is 2. The summed E-state index contributed by atoms with van der Waals surface area (Å²) in [4.78, 5) is 46.0. The van der Waals surface area contributed by atoms with Crippen molar-refractivity contribution in [1.29, 1.82) is 0 Å². The number of aryl methyl sites for hydroxylation is 1. The lowest BCUT2D eigenvalue weighted by atomic mass is 10.1. The van der Waals surface area contributed by atoms with Crippen molar-refractivity contribution < 1.29 is 24.0 Å². The molecule has 4 rings (SSSR count). The predicted molar refractivity (Wildman–Crippen MR) is 97.8 cm³/mol. The fourth-order valence-electron chi connectivity index (χ4n) is 2.73. The Bertz CT molecular complexity index is 1060. The highest BCUT2D eigenvalue weighted by Crippen LogP contribution is 2.24. The molecule has 0 saturated carbocycles. The minimum Gasteiger partial charge on any atom is -0.439 e. The van der Waals surface area contributed by atoms with Crippen LogP contribution in [0.1, 0.15) is 36.6 Å². The van der Waals surface area contributed by atoms with Gasteiger partial charge in [-0.15, -0.1) is 0 Å². The summed E-state index contributed by atoms with van der Waals surface area (Å²) in [5, 5.41) is 0.480. The second-order valence-electron chi connectivity index (χ2n) is 6.13. The summed E-state index contributed by atoms with van der Waals surface area (Å²) in [5.41, 5.74) is 1.58. The minimum absolute atomic E-state index is 0.168. The van der Waals surface area contributed by atoms with Crippen LogP contribution in [-0.2, 0) is 4.84 Å². The standard InChI is InChI=1S/C21H14N2O5/c1-13-10-11-22-18(12-13)27-15-8-6-14(7-9-15)21(26)28-23-19(24)16-4-2-3-5-17(16)20(23)25/h2-12H,1H3. The normalized spacial score (nSPS) is 12.7. The molecule has 28 heavy (non-hydrogen) atoms. The maximum atomic E-state index is 12.3. The maximum absolute atomic E-state index is 12.3. The van der Waals surface area contributed by atoms with E-state index in [4.69, 9.17) is 9.57 Å². The Hall–Kier alpha value is -4.00. The van der Waals surface area contributed by atoms with Crippen molar-refractivity contribution in [2.75, 3.05) is 0 Å². The van der Waals surface area contributed by atoms with Crippen molar-refractivity contribution in [1.82, 2.24) is 10.0 Å². The third kappa shape index (κ3) is 3.21. The van der Waals surface area contributed by atoms with Gasteiger partial charge in [-0.1, -0.05) is 17.2 Å². The summed E-state index contributed by atoms with van der Waals surface area (Å²) in [6, 6.07) is 16.0. The van der Waals surface area contributed by atoms with E-state index < -0.39 is 17.8 Å². The van der Waals surface area contributed by atoms with Gasteiger partial charge in [0.25, 0.3) is 11.8 Å². The molecule has 0 aliphatic carbocycles. The Morgan fingerprint density at radius 2 is 1.57 bits per heavy atom. The minimum atomic E-state index is -0.824. The number of carbonyl (C=O) groups is 3. The van der Waals surface area contributed by atoms with Gasteiger partial charge in [0, 0.05) is 12.3 Å². The van der Waals surface area contributed by atoms with Gasteiger partial charge in [-0.3, -0.25) is 9.59 Å². The van der Waals surface area contributed by atoms with Gasteiger partial charge < -0.3 is 9.57 Å². The van der Waals surface area contributed by atoms with E-state index in [1.807, 2.05) is 13.0 Å². The van der Waals surface area contributed by atoms with E-state index in [1.54, 1.807) is 36.5 Å². The molecule has 2 amide bonds. The zero-order chi connectivity index (χ0) is 19.7. The SMILES string of the molecule is Cc1ccnc(Oc2ccc(C(=O)ON3C(=O)c4ccccc4C3=O)cc2)c1. The smallest absolute Gasteiger partial charge is 0.363 e. The first-order chi connectivity index (χ1) is 13.5. The number of fused-ring (bicyclic) bond motifs is 1. The molecule has 1 aromatic heterocycles. The Morgan fingerprint density at radius 1 is 0.929 bits per heavy atom. The molecule has 0 bridgehead atoms. The summed E-state index contributed by atoms with van der Waals surface area (Å²) in [7, 11) is 0. The lowest BCUT2D eigenvalue weighted by Crippen LogP contribution is -2.32. The molecule has 0 spiro atoms. The zero-order valence-electron chi connectivity index (χ0n) is 14.8. The number of hydroxylamine groups is 2. The molecule has 3 aromatic rings. The van der Waals surface area contributed by atoms with Crippen molar-refractivity contribution in [2.45, 2.75) is 6.92 Å². The lowest BCUT2D eigenvalue weighted by Gasteiger charge is -2.13. The zero-order valence-corrected chi connectivity index (χ0v) is 14.8. The molecular formula is C21H14N2O5. The molecule has 7 heteroatoms. The van der Waals surface area contributed by atoms with Crippen molar-refractivity contribution >= 4 is 17.8 Å². The largest absolute Gasteiger partial charge is 0.439 e. The van der Waals surface area contributed by atoms with Gasteiger partial charge in [0.15, 0.2) is 0 Å². The van der Waals surface area contributed by atoms with Crippen LogP contribution in [0.2, 0.25) is 0 Å². The number of hydrogen-bond acceptors (Lipinski definition) is 6. The van der Waals surface area contributed by atoms with Crippen LogP contribution in [0.4, 0.5) is 0 Å². The van der Waals surface area contributed by atoms with E-state index >= 15 is 0 Å². The molecule has 0 saturated heterocycles. The number of aromatic nitrogens is 1. The summed E-state index contributed by atoms with van der Waals surface area (Å²) in [6.07, 6.45) is 1.64. The van der Waals surface area contributed by atoms with Crippen molar-refractivity contribution in [3.8, 4) is 11.6 Å². The first-order valence-corrected chi connectivity index (χ1v) is 8.43. The fraction of sp³-hybridized carbons (Fsp3) is 0.0476. The molecule has 1 aliphatic rings. The Balaban J connectivity index is 1.46. The molecule has 0 radical (unpaired) electrons. The molecule has 2 aromatic carbocycles. The number of imide groups is 1. The van der Waals surface area contributed by atoms with Crippen LogP contribution in [0.5, 0.6) is 11.6 Å². The van der Waals surface area contributed by atoms with Gasteiger partial charge in [0.2, 0.25) is 5.88 Å². The van der Waals surface area contributed by atoms with Crippen molar-refractivity contribution in [2.24, 2.45) is 0 Å². The molecular weight excluding hydrogens is 360 g/mol. The fourth-order valence-corrected chi connectivity index (χ4v) is 2.73. The molecule has 138 valence electrons. The summed E-state index contributed by atoms with van der Waals surface area (Å²) in [5.74, 6) is -1.25. The number of carbonyl (C=O) groups excluding carboxylic acids is 3. The number of pyridine rings is 1. The third-order valence-corrected chi connectivity index (χ3v) is 4.13. The van der Waals surface area contributed by atoms with Crippen molar-refractivity contribution in [3.63, 3.8) is 0 Å². The molecule has 1 aliphatic heterocycles. The number of ether oxygens (including phenoxy) is 1. The highest BCUT2D eigenvalue weighted by Gasteiger charge is 2.38. The number of hydrogen-bond donors (Lipinski definition) is 0.